The number of hydrogen-bond donors (Lipinski definition) is 3. The molecule has 1 aliphatic rings. The summed E-state index contributed by atoms with van der Waals surface area (Å²) in [6.45, 7) is 4.10. The van der Waals surface area contributed by atoms with Crippen LogP contribution in [0.3, 0.4) is 0 Å². The Kier molecular flexibility index (Phi) is 4.06. The van der Waals surface area contributed by atoms with Crippen LogP contribution in [0.25, 0.3) is 0 Å². The summed E-state index contributed by atoms with van der Waals surface area (Å²) in [5.74, 6) is 0.808. The minimum Gasteiger partial charge on any atom is -0.494 e. The third kappa shape index (κ3) is 2.93. The Hall–Kier alpha value is -1.30. The van der Waals surface area contributed by atoms with E-state index < -0.39 is 12.2 Å². The van der Waals surface area contributed by atoms with Gasteiger partial charge in [0.25, 0.3) is 0 Å². The molecule has 2 rings (SSSR count). The zero-order chi connectivity index (χ0) is 13.1. The maximum atomic E-state index is 9.53. The smallest absolute Gasteiger partial charge is 0.123 e. The van der Waals surface area contributed by atoms with E-state index in [0.29, 0.717) is 31.9 Å². The van der Waals surface area contributed by atoms with Crippen molar-refractivity contribution >= 4 is 5.69 Å². The highest BCUT2D eigenvalue weighted by Crippen LogP contribution is 2.24. The first-order chi connectivity index (χ1) is 8.60. The number of anilines is 1. The lowest BCUT2D eigenvalue weighted by Gasteiger charge is -2.18. The monoisotopic (exact) mass is 252 g/mol. The van der Waals surface area contributed by atoms with Gasteiger partial charge in [0.2, 0.25) is 0 Å². The zero-order valence-corrected chi connectivity index (χ0v) is 10.5. The zero-order valence-electron chi connectivity index (χ0n) is 10.5. The Balaban J connectivity index is 2.10. The predicted octanol–water partition coefficient (Wildman–Crippen LogP) is 0.205. The summed E-state index contributed by atoms with van der Waals surface area (Å²) < 4.78 is 5.55. The van der Waals surface area contributed by atoms with Gasteiger partial charge >= 0.3 is 0 Å². The lowest BCUT2D eigenvalue weighted by Crippen LogP contribution is -2.22. The highest BCUT2D eigenvalue weighted by molar-refractivity contribution is 5.47. The number of β-amino-alcohol motifs (C(OH)–C–C–N with tert-alkyl or cyclic N) is 2. The predicted molar refractivity (Wildman–Crippen MR) is 69.3 cm³/mol. The molecule has 1 aromatic rings. The standard InChI is InChI=1S/C13H20N2O3/c1-2-18-13-4-3-10(14)5-9(13)6-15-7-11(16)12(17)8-15/h3-5,11-12,16-17H,2,6-8,14H2,1H3. The molecule has 1 heterocycles. The van der Waals surface area contributed by atoms with Crippen molar-refractivity contribution in [3.8, 4) is 5.75 Å². The van der Waals surface area contributed by atoms with Crippen molar-refractivity contribution in [2.45, 2.75) is 25.7 Å². The van der Waals surface area contributed by atoms with Gasteiger partial charge < -0.3 is 20.7 Å². The molecule has 2 atom stereocenters. The molecule has 0 aromatic heterocycles. The minimum absolute atomic E-state index is 0.474. The first-order valence-electron chi connectivity index (χ1n) is 6.20. The van der Waals surface area contributed by atoms with E-state index in [-0.39, 0.29) is 0 Å². The van der Waals surface area contributed by atoms with Gasteiger partial charge in [-0.25, -0.2) is 0 Å². The van der Waals surface area contributed by atoms with Gasteiger partial charge in [-0.05, 0) is 25.1 Å². The number of benzene rings is 1. The molecule has 5 heteroatoms. The number of hydrogen-bond acceptors (Lipinski definition) is 5. The molecule has 0 spiro atoms. The Morgan fingerprint density at radius 3 is 2.61 bits per heavy atom. The van der Waals surface area contributed by atoms with E-state index in [2.05, 4.69) is 0 Å². The molecule has 18 heavy (non-hydrogen) atoms. The summed E-state index contributed by atoms with van der Waals surface area (Å²) in [4.78, 5) is 1.99. The Morgan fingerprint density at radius 1 is 1.33 bits per heavy atom. The number of aliphatic hydroxyl groups is 2. The summed E-state index contributed by atoms with van der Waals surface area (Å²) in [6.07, 6.45) is -1.33. The Labute approximate surface area is 107 Å². The van der Waals surface area contributed by atoms with E-state index in [9.17, 15) is 10.2 Å². The van der Waals surface area contributed by atoms with Gasteiger partial charge in [-0.1, -0.05) is 0 Å². The van der Waals surface area contributed by atoms with Crippen LogP contribution < -0.4 is 10.5 Å². The van der Waals surface area contributed by atoms with Gasteiger partial charge in [0.05, 0.1) is 18.8 Å². The van der Waals surface area contributed by atoms with E-state index in [1.54, 1.807) is 0 Å². The second kappa shape index (κ2) is 5.56. The van der Waals surface area contributed by atoms with Crippen molar-refractivity contribution in [3.63, 3.8) is 0 Å². The molecular formula is C13H20N2O3. The molecule has 1 aliphatic heterocycles. The molecule has 1 saturated heterocycles. The van der Waals surface area contributed by atoms with E-state index >= 15 is 0 Å². The maximum Gasteiger partial charge on any atom is 0.123 e. The second-order valence-corrected chi connectivity index (χ2v) is 4.63. The summed E-state index contributed by atoms with van der Waals surface area (Å²) in [5, 5.41) is 19.1. The molecule has 0 saturated carbocycles. The minimum atomic E-state index is -0.665. The Bertz CT molecular complexity index is 401. The van der Waals surface area contributed by atoms with E-state index in [1.165, 1.54) is 0 Å². The van der Waals surface area contributed by atoms with Gasteiger partial charge in [0.15, 0.2) is 0 Å². The first kappa shape index (κ1) is 13.1. The lowest BCUT2D eigenvalue weighted by atomic mass is 10.1. The topological polar surface area (TPSA) is 79.0 Å². The molecule has 2 unspecified atom stereocenters. The average molecular weight is 252 g/mol. The maximum absolute atomic E-state index is 9.53. The summed E-state index contributed by atoms with van der Waals surface area (Å²) in [6, 6.07) is 5.54. The molecule has 4 N–H and O–H groups in total. The molecule has 5 nitrogen and oxygen atoms in total. The molecule has 1 fully saturated rings. The van der Waals surface area contributed by atoms with Crippen LogP contribution in [0.15, 0.2) is 18.2 Å². The largest absolute Gasteiger partial charge is 0.494 e. The number of rotatable bonds is 4. The second-order valence-electron chi connectivity index (χ2n) is 4.63. The quantitative estimate of drug-likeness (QED) is 0.667. The van der Waals surface area contributed by atoms with Gasteiger partial charge in [-0.15, -0.1) is 0 Å². The highest BCUT2D eigenvalue weighted by Gasteiger charge is 2.29. The van der Waals surface area contributed by atoms with Crippen LogP contribution in [0.5, 0.6) is 5.75 Å². The van der Waals surface area contributed by atoms with E-state index in [4.69, 9.17) is 10.5 Å². The number of aliphatic hydroxyl groups excluding tert-OH is 2. The van der Waals surface area contributed by atoms with Crippen molar-refractivity contribution in [1.82, 2.24) is 4.90 Å². The van der Waals surface area contributed by atoms with Crippen molar-refractivity contribution in [2.24, 2.45) is 0 Å². The average Bonchev–Trinajstić information content (AvgIpc) is 2.62. The first-order valence-corrected chi connectivity index (χ1v) is 6.20. The van der Waals surface area contributed by atoms with Crippen molar-refractivity contribution in [2.75, 3.05) is 25.4 Å². The van der Waals surface area contributed by atoms with Gasteiger partial charge in [-0.3, -0.25) is 4.90 Å². The third-order valence-corrected chi connectivity index (χ3v) is 3.11. The fourth-order valence-electron chi connectivity index (χ4n) is 2.24. The summed E-state index contributed by atoms with van der Waals surface area (Å²) >= 11 is 0. The fourth-order valence-corrected chi connectivity index (χ4v) is 2.24. The van der Waals surface area contributed by atoms with Crippen LogP contribution in [0.1, 0.15) is 12.5 Å². The van der Waals surface area contributed by atoms with Crippen LogP contribution in [0.4, 0.5) is 5.69 Å². The number of nitrogens with zero attached hydrogens (tertiary/aromatic N) is 1. The molecule has 100 valence electrons. The van der Waals surface area contributed by atoms with E-state index in [0.717, 1.165) is 11.3 Å². The van der Waals surface area contributed by atoms with Crippen LogP contribution in [0, 0.1) is 0 Å². The number of likely N-dealkylation sites (tertiary alicyclic amines) is 1. The molecular weight excluding hydrogens is 232 g/mol. The van der Waals surface area contributed by atoms with Crippen LogP contribution >= 0.6 is 0 Å². The summed E-state index contributed by atoms with van der Waals surface area (Å²) in [5.41, 5.74) is 7.45. The molecule has 0 radical (unpaired) electrons. The van der Waals surface area contributed by atoms with Crippen molar-refractivity contribution in [1.29, 1.82) is 0 Å². The number of nitrogens with two attached hydrogens (primary N) is 1. The molecule has 0 bridgehead atoms. The van der Waals surface area contributed by atoms with E-state index in [1.807, 2.05) is 30.0 Å². The van der Waals surface area contributed by atoms with Crippen LogP contribution in [0.2, 0.25) is 0 Å². The van der Waals surface area contributed by atoms with Crippen molar-refractivity contribution < 1.29 is 14.9 Å². The highest BCUT2D eigenvalue weighted by atomic mass is 16.5. The number of nitrogen functional groups attached to an aromatic ring is 1. The fraction of sp³-hybridized carbons (Fsp3) is 0.538. The van der Waals surface area contributed by atoms with Crippen LogP contribution in [-0.2, 0) is 6.54 Å². The third-order valence-electron chi connectivity index (χ3n) is 3.11. The Morgan fingerprint density at radius 2 is 2.00 bits per heavy atom. The van der Waals surface area contributed by atoms with Crippen molar-refractivity contribution in [3.05, 3.63) is 23.8 Å². The normalized spacial score (nSPS) is 24.4. The van der Waals surface area contributed by atoms with Gasteiger partial charge in [0, 0.05) is 30.9 Å². The molecule has 0 aliphatic carbocycles. The van der Waals surface area contributed by atoms with Crippen LogP contribution in [-0.4, -0.2) is 47.0 Å². The van der Waals surface area contributed by atoms with Gasteiger partial charge in [0.1, 0.15) is 5.75 Å². The van der Waals surface area contributed by atoms with Gasteiger partial charge in [-0.2, -0.15) is 0 Å². The number of ether oxygens (including phenoxy) is 1. The molecule has 1 aromatic carbocycles. The summed E-state index contributed by atoms with van der Waals surface area (Å²) in [7, 11) is 0. The lowest BCUT2D eigenvalue weighted by molar-refractivity contribution is 0.0572. The molecule has 0 amide bonds. The SMILES string of the molecule is CCOc1ccc(N)cc1CN1CC(O)C(O)C1.